The number of fused-ring (bicyclic) bond motifs is 3. The average molecular weight is 663 g/mol. The van der Waals surface area contributed by atoms with Crippen LogP contribution >= 0.6 is 23.4 Å². The number of nitrogens with two attached hydrogens (primary N) is 1. The molecule has 11 heteroatoms. The van der Waals surface area contributed by atoms with Crippen molar-refractivity contribution in [1.29, 1.82) is 0 Å². The average Bonchev–Trinajstić information content (AvgIpc) is 3.07. The zero-order valence-corrected chi connectivity index (χ0v) is 27.5. The summed E-state index contributed by atoms with van der Waals surface area (Å²) >= 11 is 7.94. The molecular weight excluding hydrogens is 623 g/mol. The van der Waals surface area contributed by atoms with Gasteiger partial charge in [0.1, 0.15) is 5.82 Å². The number of carbonyl (C=O) groups is 1. The van der Waals surface area contributed by atoms with E-state index >= 15 is 4.39 Å². The molecule has 1 fully saturated rings. The minimum absolute atomic E-state index is 0.0309. The van der Waals surface area contributed by atoms with Crippen LogP contribution in [0.4, 0.5) is 10.1 Å². The Morgan fingerprint density at radius 2 is 2.07 bits per heavy atom. The predicted octanol–water partition coefficient (Wildman–Crippen LogP) is 6.28. The molecule has 6 rings (SSSR count). The Balaban J connectivity index is 1.29. The molecule has 3 aliphatic carbocycles. The van der Waals surface area contributed by atoms with Gasteiger partial charge in [0.25, 0.3) is 0 Å². The monoisotopic (exact) mass is 662 g/mol. The molecule has 0 aromatic heterocycles. The fourth-order valence-electron chi connectivity index (χ4n) is 7.97. The Labute approximate surface area is 268 Å². The maximum absolute atomic E-state index is 15.3. The zero-order chi connectivity index (χ0) is 31.4. The summed E-state index contributed by atoms with van der Waals surface area (Å²) < 4.78 is 44.6. The van der Waals surface area contributed by atoms with E-state index in [0.29, 0.717) is 30.4 Å². The van der Waals surface area contributed by atoms with Crippen LogP contribution in [0.3, 0.4) is 0 Å². The van der Waals surface area contributed by atoms with E-state index in [1.54, 1.807) is 37.1 Å². The molecule has 1 spiro atoms. The molecule has 0 bridgehead atoms. The topological polar surface area (TPSA) is 110 Å². The third kappa shape index (κ3) is 6.05. The lowest BCUT2D eigenvalue weighted by molar-refractivity contribution is -0.000260. The Kier molecular flexibility index (Phi) is 8.87. The minimum Gasteiger partial charge on any atom is -0.478 e. The van der Waals surface area contributed by atoms with Crippen LogP contribution in [0.25, 0.3) is 0 Å². The minimum atomic E-state index is -3.53. The molecule has 0 radical (unpaired) electrons. The van der Waals surface area contributed by atoms with E-state index in [2.05, 4.69) is 11.0 Å². The molecule has 1 heterocycles. The Morgan fingerprint density at radius 3 is 2.73 bits per heavy atom. The number of ether oxygens (including phenoxy) is 1. The summed E-state index contributed by atoms with van der Waals surface area (Å²) in [7, 11) is -1.78. The second-order valence-electron chi connectivity index (χ2n) is 13.3. The highest BCUT2D eigenvalue weighted by Crippen LogP contribution is 2.51. The summed E-state index contributed by atoms with van der Waals surface area (Å²) in [5.74, 6) is 0.216. The molecule has 4 aliphatic rings. The lowest BCUT2D eigenvalue weighted by atomic mass is 9.64. The van der Waals surface area contributed by atoms with Crippen LogP contribution < -0.4 is 10.0 Å². The van der Waals surface area contributed by atoms with Gasteiger partial charge < -0.3 is 14.7 Å². The number of carboxylic acid groups (broad SMARTS) is 1. The van der Waals surface area contributed by atoms with Crippen molar-refractivity contribution in [2.45, 2.75) is 61.9 Å². The largest absolute Gasteiger partial charge is 0.478 e. The maximum atomic E-state index is 15.3. The van der Waals surface area contributed by atoms with E-state index in [1.807, 2.05) is 19.1 Å². The van der Waals surface area contributed by atoms with Gasteiger partial charge in [-0.15, -0.1) is 11.8 Å². The van der Waals surface area contributed by atoms with Gasteiger partial charge in [0.15, 0.2) is 0 Å². The molecule has 1 aliphatic heterocycles. The number of hydrogen-bond donors (Lipinski definition) is 2. The van der Waals surface area contributed by atoms with Gasteiger partial charge in [-0.2, -0.15) is 0 Å². The van der Waals surface area contributed by atoms with E-state index in [1.165, 1.54) is 5.57 Å². The highest BCUT2D eigenvalue weighted by molar-refractivity contribution is 7.99. The van der Waals surface area contributed by atoms with Crippen molar-refractivity contribution < 1.29 is 27.4 Å². The molecule has 7 nitrogen and oxygen atoms in total. The Bertz CT molecular complexity index is 1600. The van der Waals surface area contributed by atoms with E-state index < -0.39 is 16.0 Å². The molecule has 6 atom stereocenters. The second kappa shape index (κ2) is 12.2. The number of aromatic carboxylic acids is 1. The molecule has 0 amide bonds. The van der Waals surface area contributed by atoms with Crippen molar-refractivity contribution in [3.8, 4) is 0 Å². The second-order valence-corrected chi connectivity index (χ2v) is 16.3. The van der Waals surface area contributed by atoms with Crippen LogP contribution in [0.15, 0.2) is 46.9 Å². The van der Waals surface area contributed by atoms with E-state index in [-0.39, 0.29) is 45.5 Å². The molecule has 0 saturated heterocycles. The fraction of sp³-hybridized carbons (Fsp3) is 0.545. The van der Waals surface area contributed by atoms with Crippen LogP contribution in [0.2, 0.25) is 5.02 Å². The summed E-state index contributed by atoms with van der Waals surface area (Å²) in [6.07, 6.45) is 7.45. The molecule has 1 unspecified atom stereocenters. The highest BCUT2D eigenvalue weighted by atomic mass is 35.5. The molecule has 2 aromatic carbocycles. The number of primary sulfonamides is 1. The number of thioether (sulfide) groups is 1. The van der Waals surface area contributed by atoms with Gasteiger partial charge in [-0.05, 0) is 103 Å². The zero-order valence-electron chi connectivity index (χ0n) is 25.1. The molecule has 44 heavy (non-hydrogen) atoms. The summed E-state index contributed by atoms with van der Waals surface area (Å²) in [6, 6.07) is 9.05. The van der Waals surface area contributed by atoms with E-state index in [4.69, 9.17) is 21.5 Å². The first-order valence-electron chi connectivity index (χ1n) is 15.4. The van der Waals surface area contributed by atoms with Gasteiger partial charge in [-0.3, -0.25) is 0 Å². The third-order valence-electron chi connectivity index (χ3n) is 10.5. The van der Waals surface area contributed by atoms with Crippen molar-refractivity contribution >= 4 is 45.0 Å². The maximum Gasteiger partial charge on any atom is 0.335 e. The highest BCUT2D eigenvalue weighted by Gasteiger charge is 2.46. The van der Waals surface area contributed by atoms with Crippen molar-refractivity contribution in [2.24, 2.45) is 28.8 Å². The van der Waals surface area contributed by atoms with Gasteiger partial charge in [-0.1, -0.05) is 30.7 Å². The van der Waals surface area contributed by atoms with Crippen molar-refractivity contribution in [2.75, 3.05) is 36.6 Å². The Morgan fingerprint density at radius 1 is 1.30 bits per heavy atom. The van der Waals surface area contributed by atoms with E-state index in [0.717, 1.165) is 60.5 Å². The smallest absolute Gasteiger partial charge is 0.335 e. The number of carboxylic acids is 1. The molecular formula is C33H40ClFN2O5S2. The first-order chi connectivity index (χ1) is 20.9. The number of methoxy groups -OCH3 is 1. The number of halogens is 2. The summed E-state index contributed by atoms with van der Waals surface area (Å²) in [5.41, 5.74) is 3.84. The number of sulfonamides is 1. The van der Waals surface area contributed by atoms with Gasteiger partial charge >= 0.3 is 5.97 Å². The van der Waals surface area contributed by atoms with Gasteiger partial charge in [0, 0.05) is 36.3 Å². The summed E-state index contributed by atoms with van der Waals surface area (Å²) in [5, 5.41) is 15.3. The van der Waals surface area contributed by atoms with Crippen LogP contribution in [0.1, 0.15) is 60.5 Å². The van der Waals surface area contributed by atoms with Crippen LogP contribution in [0.5, 0.6) is 0 Å². The number of rotatable bonds is 9. The van der Waals surface area contributed by atoms with Crippen molar-refractivity contribution in [3.05, 3.63) is 69.5 Å². The summed E-state index contributed by atoms with van der Waals surface area (Å²) in [4.78, 5) is 15.4. The number of benzene rings is 2. The van der Waals surface area contributed by atoms with Gasteiger partial charge in [0.05, 0.1) is 28.1 Å². The number of anilines is 1. The standard InChI is InChI=1S/C33H40ClFN2O5S2/c1-19(16-44(36,40)41)22-12-23(13-22)31(42-2)24-7-5-21(24)15-37-17-33(11-3-4-25-26(33)8-9-27(34)30(25)35)18-43-29-10-6-20(32(38)39)14-28(29)37/h6,8-10,12,14,19,21-22,24,31H,3-5,7,11,13,15-18H2,1-2H3,(H,38,39)(H2,36,40,41)/t19-,21+,22?,24-,31+,33+/m1/s1. The number of allylic oxidation sites excluding steroid dienone is 1. The third-order valence-corrected chi connectivity index (χ3v) is 13.1. The number of hydrogen-bond acceptors (Lipinski definition) is 6. The Hall–Kier alpha value is -2.11. The van der Waals surface area contributed by atoms with Crippen molar-refractivity contribution in [1.82, 2.24) is 0 Å². The normalized spacial score (nSPS) is 27.7. The molecule has 3 N–H and O–H groups in total. The predicted molar refractivity (Wildman–Crippen MR) is 173 cm³/mol. The van der Waals surface area contributed by atoms with Crippen molar-refractivity contribution in [3.63, 3.8) is 0 Å². The lowest BCUT2D eigenvalue weighted by Gasteiger charge is -2.48. The van der Waals surface area contributed by atoms with Crippen LogP contribution in [-0.2, 0) is 26.6 Å². The van der Waals surface area contributed by atoms with Gasteiger partial charge in [-0.25, -0.2) is 22.7 Å². The SMILES string of the molecule is CO[C@@H](C1=CC([C@H](C)CS(N)(=O)=O)C1)[C@@H]1CC[C@H]1CN1C[C@@]2(CCCc3c2ccc(Cl)c3F)CSc2ccc(C(=O)O)cc21. The fourth-order valence-corrected chi connectivity index (χ4v) is 10.4. The number of nitrogens with zero attached hydrogens (tertiary/aromatic N) is 1. The lowest BCUT2D eigenvalue weighted by Crippen LogP contribution is -2.50. The van der Waals surface area contributed by atoms with Gasteiger partial charge in [0.2, 0.25) is 10.0 Å². The van der Waals surface area contributed by atoms with E-state index in [9.17, 15) is 18.3 Å². The molecule has 2 aromatic rings. The molecule has 1 saturated carbocycles. The quantitative estimate of drug-likeness (QED) is 0.304. The van der Waals surface area contributed by atoms with Crippen LogP contribution in [-0.4, -0.2) is 57.3 Å². The van der Waals surface area contributed by atoms with Crippen LogP contribution in [0, 0.1) is 29.5 Å². The first-order valence-corrected chi connectivity index (χ1v) is 18.4. The molecule has 238 valence electrons. The summed E-state index contributed by atoms with van der Waals surface area (Å²) in [6.45, 7) is 3.34. The first kappa shape index (κ1) is 31.9.